The van der Waals surface area contributed by atoms with Crippen molar-refractivity contribution < 1.29 is 0 Å². The second kappa shape index (κ2) is 5.89. The zero-order valence-corrected chi connectivity index (χ0v) is 11.9. The van der Waals surface area contributed by atoms with Crippen molar-refractivity contribution in [2.75, 3.05) is 32.7 Å². The summed E-state index contributed by atoms with van der Waals surface area (Å²) in [5, 5.41) is 3.61. The van der Waals surface area contributed by atoms with Gasteiger partial charge < -0.3 is 5.32 Å². The number of nitrogens with zero attached hydrogens (tertiary/aromatic N) is 2. The van der Waals surface area contributed by atoms with Gasteiger partial charge in [-0.15, -0.1) is 0 Å². The van der Waals surface area contributed by atoms with Crippen LogP contribution in [-0.2, 0) is 0 Å². The highest BCUT2D eigenvalue weighted by molar-refractivity contribution is 4.96. The van der Waals surface area contributed by atoms with Crippen LogP contribution in [-0.4, -0.2) is 60.6 Å². The normalized spacial score (nSPS) is 35.8. The van der Waals surface area contributed by atoms with Gasteiger partial charge in [0.2, 0.25) is 0 Å². The molecule has 18 heavy (non-hydrogen) atoms. The first-order valence-corrected chi connectivity index (χ1v) is 8.10. The van der Waals surface area contributed by atoms with Crippen molar-refractivity contribution in [1.29, 1.82) is 0 Å². The molecule has 0 aromatic carbocycles. The van der Waals surface area contributed by atoms with Crippen molar-refractivity contribution in [1.82, 2.24) is 15.1 Å². The average molecular weight is 251 g/mol. The topological polar surface area (TPSA) is 18.5 Å². The molecule has 2 unspecified atom stereocenters. The number of hydrogen-bond donors (Lipinski definition) is 1. The van der Waals surface area contributed by atoms with Crippen molar-refractivity contribution in [3.63, 3.8) is 0 Å². The predicted octanol–water partition coefficient (Wildman–Crippen LogP) is 1.69. The zero-order chi connectivity index (χ0) is 12.4. The van der Waals surface area contributed by atoms with E-state index in [1.165, 1.54) is 64.7 Å². The SMILES string of the molecule is CCNC1CCN(C2CCN3CCCCC23)CC1. The van der Waals surface area contributed by atoms with E-state index in [0.29, 0.717) is 0 Å². The fourth-order valence-corrected chi connectivity index (χ4v) is 4.37. The number of rotatable bonds is 3. The molecule has 3 saturated heterocycles. The molecule has 3 aliphatic heterocycles. The third-order valence-electron chi connectivity index (χ3n) is 5.31. The van der Waals surface area contributed by atoms with Crippen molar-refractivity contribution in [2.45, 2.75) is 63.6 Å². The molecule has 104 valence electrons. The minimum absolute atomic E-state index is 0.787. The molecule has 3 nitrogen and oxygen atoms in total. The Morgan fingerprint density at radius 1 is 0.833 bits per heavy atom. The molecule has 0 saturated carbocycles. The first-order chi connectivity index (χ1) is 8.88. The van der Waals surface area contributed by atoms with Crippen LogP contribution in [0.25, 0.3) is 0 Å². The highest BCUT2D eigenvalue weighted by Crippen LogP contribution is 2.31. The third kappa shape index (κ3) is 2.59. The van der Waals surface area contributed by atoms with E-state index in [9.17, 15) is 0 Å². The highest BCUT2D eigenvalue weighted by atomic mass is 15.3. The van der Waals surface area contributed by atoms with Gasteiger partial charge in [0.1, 0.15) is 0 Å². The van der Waals surface area contributed by atoms with Crippen molar-refractivity contribution in [3.8, 4) is 0 Å². The maximum absolute atomic E-state index is 3.61. The molecule has 0 aliphatic carbocycles. The molecular formula is C15H29N3. The summed E-state index contributed by atoms with van der Waals surface area (Å²) in [4.78, 5) is 5.58. The van der Waals surface area contributed by atoms with Crippen LogP contribution in [0.15, 0.2) is 0 Å². The smallest absolute Gasteiger partial charge is 0.0263 e. The molecule has 3 heteroatoms. The highest BCUT2D eigenvalue weighted by Gasteiger charge is 2.39. The van der Waals surface area contributed by atoms with Crippen molar-refractivity contribution in [3.05, 3.63) is 0 Å². The molecule has 3 aliphatic rings. The predicted molar refractivity (Wildman–Crippen MR) is 75.9 cm³/mol. The van der Waals surface area contributed by atoms with Crippen molar-refractivity contribution in [2.24, 2.45) is 0 Å². The number of nitrogens with one attached hydrogen (secondary N) is 1. The molecule has 0 spiro atoms. The minimum Gasteiger partial charge on any atom is -0.314 e. The van der Waals surface area contributed by atoms with E-state index < -0.39 is 0 Å². The lowest BCUT2D eigenvalue weighted by atomic mass is 9.95. The van der Waals surface area contributed by atoms with Crippen LogP contribution < -0.4 is 5.32 Å². The number of piperidine rings is 2. The first-order valence-electron chi connectivity index (χ1n) is 8.10. The van der Waals surface area contributed by atoms with Gasteiger partial charge in [0.25, 0.3) is 0 Å². The van der Waals surface area contributed by atoms with Crippen LogP contribution in [0.2, 0.25) is 0 Å². The first kappa shape index (κ1) is 12.9. The molecular weight excluding hydrogens is 222 g/mol. The van der Waals surface area contributed by atoms with Crippen LogP contribution in [0.3, 0.4) is 0 Å². The Morgan fingerprint density at radius 2 is 1.50 bits per heavy atom. The van der Waals surface area contributed by atoms with Gasteiger partial charge in [-0.2, -0.15) is 0 Å². The van der Waals surface area contributed by atoms with E-state index in [-0.39, 0.29) is 0 Å². The molecule has 3 fully saturated rings. The third-order valence-corrected chi connectivity index (χ3v) is 5.31. The van der Waals surface area contributed by atoms with Gasteiger partial charge in [-0.05, 0) is 58.3 Å². The van der Waals surface area contributed by atoms with Crippen LogP contribution in [0.4, 0.5) is 0 Å². The Hall–Kier alpha value is -0.120. The van der Waals surface area contributed by atoms with Gasteiger partial charge in [-0.25, -0.2) is 0 Å². The number of likely N-dealkylation sites (tertiary alicyclic amines) is 1. The molecule has 2 atom stereocenters. The summed E-state index contributed by atoms with van der Waals surface area (Å²) in [6.45, 7) is 8.74. The lowest BCUT2D eigenvalue weighted by Gasteiger charge is -2.41. The van der Waals surface area contributed by atoms with Crippen LogP contribution in [0.1, 0.15) is 45.4 Å². The second-order valence-electron chi connectivity index (χ2n) is 6.32. The monoisotopic (exact) mass is 251 g/mol. The summed E-state index contributed by atoms with van der Waals surface area (Å²) in [5.41, 5.74) is 0. The van der Waals surface area contributed by atoms with E-state index in [2.05, 4.69) is 22.0 Å². The van der Waals surface area contributed by atoms with E-state index in [1.54, 1.807) is 0 Å². The van der Waals surface area contributed by atoms with Crippen LogP contribution in [0, 0.1) is 0 Å². The van der Waals surface area contributed by atoms with Crippen molar-refractivity contribution >= 4 is 0 Å². The molecule has 3 heterocycles. The quantitative estimate of drug-likeness (QED) is 0.823. The summed E-state index contributed by atoms with van der Waals surface area (Å²) < 4.78 is 0. The summed E-state index contributed by atoms with van der Waals surface area (Å²) >= 11 is 0. The molecule has 0 aromatic rings. The largest absolute Gasteiger partial charge is 0.314 e. The lowest BCUT2D eigenvalue weighted by molar-refractivity contribution is 0.0907. The van der Waals surface area contributed by atoms with Gasteiger partial charge in [0, 0.05) is 24.7 Å². The van der Waals surface area contributed by atoms with Gasteiger partial charge in [0.05, 0.1) is 0 Å². The molecule has 3 rings (SSSR count). The molecule has 0 radical (unpaired) electrons. The van der Waals surface area contributed by atoms with Crippen LogP contribution >= 0.6 is 0 Å². The molecule has 0 amide bonds. The second-order valence-corrected chi connectivity index (χ2v) is 6.32. The average Bonchev–Trinajstić information content (AvgIpc) is 2.84. The fraction of sp³-hybridized carbons (Fsp3) is 1.00. The van der Waals surface area contributed by atoms with E-state index in [4.69, 9.17) is 0 Å². The maximum Gasteiger partial charge on any atom is 0.0263 e. The van der Waals surface area contributed by atoms with E-state index in [1.807, 2.05) is 0 Å². The Kier molecular flexibility index (Phi) is 4.22. The molecule has 0 aromatic heterocycles. The van der Waals surface area contributed by atoms with Gasteiger partial charge in [0.15, 0.2) is 0 Å². The minimum atomic E-state index is 0.787. The summed E-state index contributed by atoms with van der Waals surface area (Å²) in [5.74, 6) is 0. The molecule has 1 N–H and O–H groups in total. The standard InChI is InChI=1S/C15H29N3/c1-2-16-13-6-10-18(11-7-13)15-8-12-17-9-4-3-5-14(15)17/h13-16H,2-12H2,1H3. The Bertz CT molecular complexity index is 260. The maximum atomic E-state index is 3.61. The summed E-state index contributed by atoms with van der Waals surface area (Å²) in [6.07, 6.45) is 8.50. The van der Waals surface area contributed by atoms with E-state index >= 15 is 0 Å². The Labute approximate surface area is 112 Å². The summed E-state index contributed by atoms with van der Waals surface area (Å²) in [7, 11) is 0. The zero-order valence-electron chi connectivity index (χ0n) is 11.9. The Morgan fingerprint density at radius 3 is 2.28 bits per heavy atom. The van der Waals surface area contributed by atoms with Gasteiger partial charge in [-0.3, -0.25) is 9.80 Å². The lowest BCUT2D eigenvalue weighted by Crippen LogP contribution is -2.51. The number of hydrogen-bond acceptors (Lipinski definition) is 3. The van der Waals surface area contributed by atoms with Crippen LogP contribution in [0.5, 0.6) is 0 Å². The Balaban J connectivity index is 1.53. The van der Waals surface area contributed by atoms with Gasteiger partial charge in [-0.1, -0.05) is 13.3 Å². The van der Waals surface area contributed by atoms with Gasteiger partial charge >= 0.3 is 0 Å². The summed E-state index contributed by atoms with van der Waals surface area (Å²) in [6, 6.07) is 2.57. The molecule has 0 bridgehead atoms. The number of fused-ring (bicyclic) bond motifs is 1. The fourth-order valence-electron chi connectivity index (χ4n) is 4.37. The van der Waals surface area contributed by atoms with E-state index in [0.717, 1.165) is 24.7 Å².